The quantitative estimate of drug-likeness (QED) is 0.877. The molecule has 0 amide bonds. The first-order chi connectivity index (χ1) is 8.09. The molecule has 2 atom stereocenters. The van der Waals surface area contributed by atoms with Crippen LogP contribution in [0.4, 0.5) is 4.39 Å². The Balaban J connectivity index is 2.08. The van der Waals surface area contributed by atoms with E-state index in [0.717, 1.165) is 19.4 Å². The van der Waals surface area contributed by atoms with Gasteiger partial charge in [-0.3, -0.25) is 0 Å². The Kier molecular flexibility index (Phi) is 3.79. The zero-order valence-corrected chi connectivity index (χ0v) is 10.2. The summed E-state index contributed by atoms with van der Waals surface area (Å²) in [6.07, 6.45) is 2.26. The molecule has 1 fully saturated rings. The summed E-state index contributed by atoms with van der Waals surface area (Å²) in [4.78, 5) is 0. The molecule has 2 nitrogen and oxygen atoms in total. The molecule has 1 aliphatic heterocycles. The topological polar surface area (TPSA) is 29.5 Å². The lowest BCUT2D eigenvalue weighted by Gasteiger charge is -2.35. The minimum Gasteiger partial charge on any atom is -0.389 e. The van der Waals surface area contributed by atoms with Gasteiger partial charge in [-0.1, -0.05) is 18.2 Å². The van der Waals surface area contributed by atoms with Crippen molar-refractivity contribution in [3.8, 4) is 0 Å². The van der Waals surface area contributed by atoms with E-state index >= 15 is 0 Å². The molecule has 1 heterocycles. The third-order valence-electron chi connectivity index (χ3n) is 3.55. The summed E-state index contributed by atoms with van der Waals surface area (Å²) in [5.41, 5.74) is -0.328. The lowest BCUT2D eigenvalue weighted by molar-refractivity contribution is -0.0677. The van der Waals surface area contributed by atoms with Gasteiger partial charge in [0, 0.05) is 18.9 Å². The molecule has 1 N–H and O–H groups in total. The van der Waals surface area contributed by atoms with Crippen LogP contribution < -0.4 is 0 Å². The van der Waals surface area contributed by atoms with Crippen molar-refractivity contribution in [1.82, 2.24) is 0 Å². The summed E-state index contributed by atoms with van der Waals surface area (Å²) < 4.78 is 18.9. The highest BCUT2D eigenvalue weighted by molar-refractivity contribution is 5.19. The van der Waals surface area contributed by atoms with Gasteiger partial charge in [-0.2, -0.15) is 0 Å². The third kappa shape index (κ3) is 3.05. The fraction of sp³-hybridized carbons (Fsp3) is 0.571. The summed E-state index contributed by atoms with van der Waals surface area (Å²) in [6, 6.07) is 6.62. The van der Waals surface area contributed by atoms with E-state index in [0.29, 0.717) is 18.6 Å². The normalized spacial score (nSPS) is 24.3. The molecular weight excluding hydrogens is 219 g/mol. The van der Waals surface area contributed by atoms with Crippen LogP contribution >= 0.6 is 0 Å². The highest BCUT2D eigenvalue weighted by Gasteiger charge is 2.34. The molecule has 0 spiro atoms. The van der Waals surface area contributed by atoms with E-state index in [1.165, 1.54) is 6.07 Å². The van der Waals surface area contributed by atoms with Crippen LogP contribution in [0.5, 0.6) is 0 Å². The van der Waals surface area contributed by atoms with Gasteiger partial charge in [0.15, 0.2) is 0 Å². The smallest absolute Gasteiger partial charge is 0.126 e. The zero-order valence-electron chi connectivity index (χ0n) is 10.2. The second-order valence-electron chi connectivity index (χ2n) is 5.04. The standard InChI is InChI=1S/C14H19FO2/c1-14(16,12-6-4-8-17-10-12)9-11-5-2-3-7-13(11)15/h2-3,5,7,12,16H,4,6,8-10H2,1H3. The van der Waals surface area contributed by atoms with Crippen LogP contribution in [0.1, 0.15) is 25.3 Å². The molecule has 2 unspecified atom stereocenters. The number of rotatable bonds is 3. The van der Waals surface area contributed by atoms with Crippen molar-refractivity contribution in [3.05, 3.63) is 35.6 Å². The van der Waals surface area contributed by atoms with Crippen molar-refractivity contribution in [2.24, 2.45) is 5.92 Å². The highest BCUT2D eigenvalue weighted by atomic mass is 19.1. The minimum absolute atomic E-state index is 0.0934. The maximum absolute atomic E-state index is 13.5. The molecule has 0 radical (unpaired) electrons. The van der Waals surface area contributed by atoms with E-state index in [-0.39, 0.29) is 11.7 Å². The van der Waals surface area contributed by atoms with Crippen LogP contribution in [0.3, 0.4) is 0 Å². The van der Waals surface area contributed by atoms with E-state index in [1.54, 1.807) is 25.1 Å². The molecular formula is C14H19FO2. The van der Waals surface area contributed by atoms with Gasteiger partial charge in [0.1, 0.15) is 5.82 Å². The Morgan fingerprint density at radius 3 is 2.88 bits per heavy atom. The van der Waals surface area contributed by atoms with Gasteiger partial charge in [-0.05, 0) is 31.4 Å². The third-order valence-corrected chi connectivity index (χ3v) is 3.55. The SMILES string of the molecule is CC(O)(Cc1ccccc1F)C1CCCOC1. The van der Waals surface area contributed by atoms with Crippen LogP contribution in [0.25, 0.3) is 0 Å². The molecule has 0 bridgehead atoms. The van der Waals surface area contributed by atoms with Crippen LogP contribution in [0.15, 0.2) is 24.3 Å². The van der Waals surface area contributed by atoms with Crippen molar-refractivity contribution in [1.29, 1.82) is 0 Å². The van der Waals surface area contributed by atoms with Gasteiger partial charge in [-0.15, -0.1) is 0 Å². The summed E-state index contributed by atoms with van der Waals surface area (Å²) in [5, 5.41) is 10.5. The van der Waals surface area contributed by atoms with Crippen LogP contribution in [0, 0.1) is 11.7 Å². The van der Waals surface area contributed by atoms with Crippen LogP contribution in [-0.4, -0.2) is 23.9 Å². The van der Waals surface area contributed by atoms with E-state index in [1.807, 2.05) is 0 Å². The van der Waals surface area contributed by atoms with E-state index in [4.69, 9.17) is 4.74 Å². The Bertz CT molecular complexity index is 370. The van der Waals surface area contributed by atoms with Gasteiger partial charge in [0.25, 0.3) is 0 Å². The first kappa shape index (κ1) is 12.5. The monoisotopic (exact) mass is 238 g/mol. The van der Waals surface area contributed by atoms with Crippen molar-refractivity contribution >= 4 is 0 Å². The van der Waals surface area contributed by atoms with Crippen LogP contribution in [-0.2, 0) is 11.2 Å². The molecule has 0 saturated carbocycles. The van der Waals surface area contributed by atoms with Gasteiger partial charge < -0.3 is 9.84 Å². The van der Waals surface area contributed by atoms with Gasteiger partial charge in [0.2, 0.25) is 0 Å². The summed E-state index contributed by atoms with van der Waals surface area (Å²) in [7, 11) is 0. The molecule has 3 heteroatoms. The Morgan fingerprint density at radius 2 is 2.24 bits per heavy atom. The lowest BCUT2D eigenvalue weighted by atomic mass is 9.80. The number of ether oxygens (including phenoxy) is 1. The Labute approximate surface area is 101 Å². The molecule has 1 aromatic rings. The predicted molar refractivity (Wildman–Crippen MR) is 64.3 cm³/mol. The zero-order chi connectivity index (χ0) is 12.3. The fourth-order valence-corrected chi connectivity index (χ4v) is 2.40. The molecule has 94 valence electrons. The molecule has 17 heavy (non-hydrogen) atoms. The molecule has 0 aromatic heterocycles. The maximum atomic E-state index is 13.5. The summed E-state index contributed by atoms with van der Waals surface area (Å²) in [6.45, 7) is 3.12. The first-order valence-corrected chi connectivity index (χ1v) is 6.13. The highest BCUT2D eigenvalue weighted by Crippen LogP contribution is 2.29. The lowest BCUT2D eigenvalue weighted by Crippen LogP contribution is -2.41. The predicted octanol–water partition coefficient (Wildman–Crippen LogP) is 2.55. The number of halogens is 1. The fourth-order valence-electron chi connectivity index (χ4n) is 2.40. The second-order valence-corrected chi connectivity index (χ2v) is 5.04. The second kappa shape index (κ2) is 5.15. The average molecular weight is 238 g/mol. The molecule has 2 rings (SSSR count). The minimum atomic E-state index is -0.900. The summed E-state index contributed by atoms with van der Waals surface area (Å²) in [5.74, 6) is -0.152. The molecule has 0 aliphatic carbocycles. The van der Waals surface area contributed by atoms with E-state index in [2.05, 4.69) is 0 Å². The van der Waals surface area contributed by atoms with Gasteiger partial charge in [-0.25, -0.2) is 4.39 Å². The van der Waals surface area contributed by atoms with Gasteiger partial charge in [0.05, 0.1) is 12.2 Å². The average Bonchev–Trinajstić information content (AvgIpc) is 2.33. The number of aliphatic hydroxyl groups is 1. The number of benzene rings is 1. The number of hydrogen-bond acceptors (Lipinski definition) is 2. The largest absolute Gasteiger partial charge is 0.389 e. The Morgan fingerprint density at radius 1 is 1.47 bits per heavy atom. The van der Waals surface area contributed by atoms with Crippen molar-refractivity contribution < 1.29 is 14.2 Å². The van der Waals surface area contributed by atoms with Crippen LogP contribution in [0.2, 0.25) is 0 Å². The first-order valence-electron chi connectivity index (χ1n) is 6.13. The molecule has 1 aliphatic rings. The van der Waals surface area contributed by atoms with Crippen molar-refractivity contribution in [2.45, 2.75) is 31.8 Å². The molecule has 1 aromatic carbocycles. The summed E-state index contributed by atoms with van der Waals surface area (Å²) >= 11 is 0. The van der Waals surface area contributed by atoms with E-state index < -0.39 is 5.60 Å². The van der Waals surface area contributed by atoms with Gasteiger partial charge >= 0.3 is 0 Å². The Hall–Kier alpha value is -0.930. The maximum Gasteiger partial charge on any atom is 0.126 e. The van der Waals surface area contributed by atoms with Crippen molar-refractivity contribution in [3.63, 3.8) is 0 Å². The van der Waals surface area contributed by atoms with E-state index in [9.17, 15) is 9.50 Å². The van der Waals surface area contributed by atoms with Crippen molar-refractivity contribution in [2.75, 3.05) is 13.2 Å². The number of hydrogen-bond donors (Lipinski definition) is 1. The molecule has 1 saturated heterocycles.